The molecule has 1 heterocycles. The van der Waals surface area contributed by atoms with Crippen LogP contribution in [-0.4, -0.2) is 40.1 Å². The molecular formula is C13H21N3O3S. The molecule has 112 valence electrons. The number of methoxy groups -OCH3 is 1. The van der Waals surface area contributed by atoms with Gasteiger partial charge in [0.2, 0.25) is 5.89 Å². The first kappa shape index (κ1) is 15.3. The number of rotatable bonds is 5. The number of carbonyl (C=O) groups excluding carboxylic acids is 1. The zero-order valence-corrected chi connectivity index (χ0v) is 13.1. The maximum atomic E-state index is 12.1. The van der Waals surface area contributed by atoms with Gasteiger partial charge in [-0.2, -0.15) is 0 Å². The van der Waals surface area contributed by atoms with Crippen LogP contribution in [0.2, 0.25) is 0 Å². The summed E-state index contributed by atoms with van der Waals surface area (Å²) in [4.78, 5) is 12.1. The molecule has 0 aromatic carbocycles. The molecule has 1 aromatic heterocycles. The van der Waals surface area contributed by atoms with E-state index in [9.17, 15) is 4.79 Å². The minimum Gasteiger partial charge on any atom is -0.468 e. The van der Waals surface area contributed by atoms with Crippen molar-refractivity contribution in [1.29, 1.82) is 0 Å². The molecule has 1 N–H and O–H groups in total. The lowest BCUT2D eigenvalue weighted by molar-refractivity contribution is -0.148. The van der Waals surface area contributed by atoms with Gasteiger partial charge >= 0.3 is 5.97 Å². The first-order valence-electron chi connectivity index (χ1n) is 6.78. The highest BCUT2D eigenvalue weighted by atomic mass is 32.2. The standard InChI is InChI=1S/C13H21N3O3S/c1-8(2)14-13(11(17)18-4)6-5-10(7-13)20-12-16-15-9(3)19-12/h8,10,14H,5-7H2,1-4H3. The van der Waals surface area contributed by atoms with Crippen LogP contribution in [0, 0.1) is 6.92 Å². The van der Waals surface area contributed by atoms with Gasteiger partial charge < -0.3 is 9.15 Å². The van der Waals surface area contributed by atoms with Crippen LogP contribution in [0.25, 0.3) is 0 Å². The van der Waals surface area contributed by atoms with Gasteiger partial charge in [0.15, 0.2) is 0 Å². The summed E-state index contributed by atoms with van der Waals surface area (Å²) in [7, 11) is 1.44. The number of thioether (sulfide) groups is 1. The molecule has 1 aliphatic rings. The maximum absolute atomic E-state index is 12.1. The molecule has 1 aliphatic carbocycles. The van der Waals surface area contributed by atoms with Gasteiger partial charge in [-0.15, -0.1) is 10.2 Å². The number of aromatic nitrogens is 2. The smallest absolute Gasteiger partial charge is 0.326 e. The Morgan fingerprint density at radius 3 is 2.85 bits per heavy atom. The Morgan fingerprint density at radius 2 is 2.30 bits per heavy atom. The lowest BCUT2D eigenvalue weighted by Crippen LogP contribution is -2.53. The van der Waals surface area contributed by atoms with Gasteiger partial charge in [-0.25, -0.2) is 0 Å². The highest BCUT2D eigenvalue weighted by Crippen LogP contribution is 2.40. The number of aryl methyl sites for hydroxylation is 1. The molecule has 2 atom stereocenters. The second-order valence-electron chi connectivity index (χ2n) is 5.44. The van der Waals surface area contributed by atoms with Crippen LogP contribution in [0.15, 0.2) is 9.64 Å². The number of hydrogen-bond donors (Lipinski definition) is 1. The van der Waals surface area contributed by atoms with Crippen LogP contribution in [0.5, 0.6) is 0 Å². The summed E-state index contributed by atoms with van der Waals surface area (Å²) < 4.78 is 10.4. The summed E-state index contributed by atoms with van der Waals surface area (Å²) in [6, 6.07) is 0.225. The molecule has 1 aromatic rings. The van der Waals surface area contributed by atoms with Crippen molar-refractivity contribution in [2.45, 2.75) is 62.1 Å². The molecule has 2 rings (SSSR count). The molecule has 0 spiro atoms. The largest absolute Gasteiger partial charge is 0.468 e. The van der Waals surface area contributed by atoms with Crippen molar-refractivity contribution in [3.8, 4) is 0 Å². The van der Waals surface area contributed by atoms with E-state index in [0.717, 1.165) is 12.8 Å². The van der Waals surface area contributed by atoms with Crippen molar-refractivity contribution < 1.29 is 13.9 Å². The molecule has 0 amide bonds. The number of carbonyl (C=O) groups is 1. The quantitative estimate of drug-likeness (QED) is 0.832. The monoisotopic (exact) mass is 299 g/mol. The van der Waals surface area contributed by atoms with Gasteiger partial charge in [-0.05, 0) is 33.1 Å². The van der Waals surface area contributed by atoms with Crippen LogP contribution in [-0.2, 0) is 9.53 Å². The fourth-order valence-electron chi connectivity index (χ4n) is 2.69. The first-order chi connectivity index (χ1) is 9.45. The van der Waals surface area contributed by atoms with Crippen molar-refractivity contribution in [2.75, 3.05) is 7.11 Å². The Bertz CT molecular complexity index is 477. The average Bonchev–Trinajstić information content (AvgIpc) is 2.96. The van der Waals surface area contributed by atoms with Crippen LogP contribution < -0.4 is 5.32 Å². The Labute approximate surface area is 123 Å². The molecule has 1 saturated carbocycles. The second-order valence-corrected chi connectivity index (χ2v) is 6.69. The van der Waals surface area contributed by atoms with E-state index in [2.05, 4.69) is 15.5 Å². The minimum atomic E-state index is -0.588. The topological polar surface area (TPSA) is 77.2 Å². The Balaban J connectivity index is 2.05. The predicted octanol–water partition coefficient (Wildman–Crippen LogP) is 1.93. The zero-order valence-electron chi connectivity index (χ0n) is 12.3. The van der Waals surface area contributed by atoms with Crippen LogP contribution in [0.1, 0.15) is 39.0 Å². The van der Waals surface area contributed by atoms with E-state index in [1.165, 1.54) is 7.11 Å². The Kier molecular flexibility index (Phi) is 4.70. The van der Waals surface area contributed by atoms with Crippen LogP contribution >= 0.6 is 11.8 Å². The van der Waals surface area contributed by atoms with E-state index in [4.69, 9.17) is 9.15 Å². The molecule has 0 saturated heterocycles. The molecule has 20 heavy (non-hydrogen) atoms. The van der Waals surface area contributed by atoms with Gasteiger partial charge in [0.25, 0.3) is 5.22 Å². The fourth-order valence-corrected chi connectivity index (χ4v) is 3.84. The fraction of sp³-hybridized carbons (Fsp3) is 0.769. The lowest BCUT2D eigenvalue weighted by atomic mass is 9.97. The summed E-state index contributed by atoms with van der Waals surface area (Å²) in [6.07, 6.45) is 2.40. The van der Waals surface area contributed by atoms with Crippen LogP contribution in [0.4, 0.5) is 0 Å². The summed E-state index contributed by atoms with van der Waals surface area (Å²) in [5, 5.41) is 12.0. The third-order valence-corrected chi connectivity index (χ3v) is 4.49. The van der Waals surface area contributed by atoms with Crippen LogP contribution in [0.3, 0.4) is 0 Å². The summed E-state index contributed by atoms with van der Waals surface area (Å²) in [5.74, 6) is 0.376. The average molecular weight is 299 g/mol. The zero-order chi connectivity index (χ0) is 14.8. The summed E-state index contributed by atoms with van der Waals surface area (Å²) >= 11 is 1.54. The van der Waals surface area contributed by atoms with Gasteiger partial charge in [0.1, 0.15) is 5.54 Å². The normalized spacial score (nSPS) is 26.1. The first-order valence-corrected chi connectivity index (χ1v) is 7.66. The van der Waals surface area contributed by atoms with E-state index in [-0.39, 0.29) is 17.3 Å². The molecule has 0 radical (unpaired) electrons. The maximum Gasteiger partial charge on any atom is 0.326 e. The third-order valence-electron chi connectivity index (χ3n) is 3.39. The molecule has 0 bridgehead atoms. The van der Waals surface area contributed by atoms with E-state index >= 15 is 0 Å². The SMILES string of the molecule is COC(=O)C1(NC(C)C)CCC(Sc2nnc(C)o2)C1. The Morgan fingerprint density at radius 1 is 1.55 bits per heavy atom. The highest BCUT2D eigenvalue weighted by molar-refractivity contribution is 7.99. The highest BCUT2D eigenvalue weighted by Gasteiger charge is 2.47. The second kappa shape index (κ2) is 6.13. The minimum absolute atomic E-state index is 0.184. The van der Waals surface area contributed by atoms with Crippen molar-refractivity contribution in [1.82, 2.24) is 15.5 Å². The van der Waals surface area contributed by atoms with E-state index in [1.54, 1.807) is 18.7 Å². The van der Waals surface area contributed by atoms with Crippen molar-refractivity contribution in [3.05, 3.63) is 5.89 Å². The summed E-state index contributed by atoms with van der Waals surface area (Å²) in [6.45, 7) is 5.84. The number of hydrogen-bond acceptors (Lipinski definition) is 7. The van der Waals surface area contributed by atoms with Crippen molar-refractivity contribution in [2.24, 2.45) is 0 Å². The molecule has 0 aliphatic heterocycles. The predicted molar refractivity (Wildman–Crippen MR) is 75.5 cm³/mol. The number of ether oxygens (including phenoxy) is 1. The number of nitrogens with zero attached hydrogens (tertiary/aromatic N) is 2. The third kappa shape index (κ3) is 3.32. The molecule has 2 unspecified atom stereocenters. The van der Waals surface area contributed by atoms with Gasteiger partial charge in [-0.3, -0.25) is 10.1 Å². The number of esters is 1. The summed E-state index contributed by atoms with van der Waals surface area (Å²) in [5.41, 5.74) is -0.588. The lowest BCUT2D eigenvalue weighted by Gasteiger charge is -2.29. The van der Waals surface area contributed by atoms with E-state index in [1.807, 2.05) is 13.8 Å². The number of nitrogens with one attached hydrogen (secondary N) is 1. The Hall–Kier alpha value is -1.08. The molecule has 6 nitrogen and oxygen atoms in total. The van der Waals surface area contributed by atoms with E-state index in [0.29, 0.717) is 17.5 Å². The van der Waals surface area contributed by atoms with Gasteiger partial charge in [-0.1, -0.05) is 11.8 Å². The van der Waals surface area contributed by atoms with Crippen molar-refractivity contribution in [3.63, 3.8) is 0 Å². The molecule has 1 fully saturated rings. The molecular weight excluding hydrogens is 278 g/mol. The van der Waals surface area contributed by atoms with E-state index < -0.39 is 5.54 Å². The van der Waals surface area contributed by atoms with Gasteiger partial charge in [0, 0.05) is 18.2 Å². The van der Waals surface area contributed by atoms with Gasteiger partial charge in [0.05, 0.1) is 7.11 Å². The van der Waals surface area contributed by atoms with Crippen molar-refractivity contribution >= 4 is 17.7 Å². The molecule has 7 heteroatoms.